The van der Waals surface area contributed by atoms with E-state index in [0.717, 1.165) is 32.7 Å². The standard InChI is InChI=1S/C19H34FN3/c1-15(2)12-23(13-16(3)4)14-17-7-8-18(20)19(11-17)22(6)10-9-21-5/h7-8,11,15-16,21H,9-10,12-14H2,1-6H3. The van der Waals surface area contributed by atoms with Crippen molar-refractivity contribution in [2.24, 2.45) is 11.8 Å². The Morgan fingerprint density at radius 3 is 2.22 bits per heavy atom. The highest BCUT2D eigenvalue weighted by Gasteiger charge is 2.13. The fraction of sp³-hybridized carbons (Fsp3) is 0.684. The van der Waals surface area contributed by atoms with Crippen molar-refractivity contribution in [2.75, 3.05) is 45.2 Å². The molecule has 0 heterocycles. The molecule has 1 aromatic rings. The third kappa shape index (κ3) is 7.32. The van der Waals surface area contributed by atoms with Gasteiger partial charge >= 0.3 is 0 Å². The van der Waals surface area contributed by atoms with Gasteiger partial charge in [-0.25, -0.2) is 4.39 Å². The Hall–Kier alpha value is -1.13. The maximum atomic E-state index is 14.1. The van der Waals surface area contributed by atoms with Crippen LogP contribution in [0.1, 0.15) is 33.3 Å². The van der Waals surface area contributed by atoms with Gasteiger partial charge in [-0.1, -0.05) is 33.8 Å². The van der Waals surface area contributed by atoms with E-state index < -0.39 is 0 Å². The zero-order valence-electron chi connectivity index (χ0n) is 15.7. The molecule has 0 unspecified atom stereocenters. The van der Waals surface area contributed by atoms with Gasteiger partial charge in [0.05, 0.1) is 5.69 Å². The molecule has 0 aromatic heterocycles. The van der Waals surface area contributed by atoms with Crippen LogP contribution in [0.2, 0.25) is 0 Å². The first-order valence-corrected chi connectivity index (χ1v) is 8.70. The molecule has 1 rings (SSSR count). The van der Waals surface area contributed by atoms with Gasteiger partial charge in [-0.05, 0) is 36.6 Å². The molecule has 3 nitrogen and oxygen atoms in total. The van der Waals surface area contributed by atoms with E-state index in [4.69, 9.17) is 0 Å². The summed E-state index contributed by atoms with van der Waals surface area (Å²) in [6.45, 7) is 13.6. The largest absolute Gasteiger partial charge is 0.371 e. The molecular formula is C19H34FN3. The Kier molecular flexibility index (Phi) is 8.56. The van der Waals surface area contributed by atoms with E-state index in [1.54, 1.807) is 6.07 Å². The van der Waals surface area contributed by atoms with Crippen molar-refractivity contribution in [3.8, 4) is 0 Å². The first-order valence-electron chi connectivity index (χ1n) is 8.70. The van der Waals surface area contributed by atoms with Crippen molar-refractivity contribution < 1.29 is 4.39 Å². The van der Waals surface area contributed by atoms with Crippen LogP contribution in [-0.4, -0.2) is 45.2 Å². The molecule has 0 fully saturated rings. The summed E-state index contributed by atoms with van der Waals surface area (Å²) < 4.78 is 14.1. The molecular weight excluding hydrogens is 289 g/mol. The van der Waals surface area contributed by atoms with Gasteiger partial charge in [-0.15, -0.1) is 0 Å². The van der Waals surface area contributed by atoms with Crippen LogP contribution in [-0.2, 0) is 6.54 Å². The minimum Gasteiger partial charge on any atom is -0.371 e. The number of anilines is 1. The lowest BCUT2D eigenvalue weighted by Crippen LogP contribution is -2.31. The monoisotopic (exact) mass is 323 g/mol. The molecule has 0 atom stereocenters. The fourth-order valence-electron chi connectivity index (χ4n) is 2.84. The van der Waals surface area contributed by atoms with Crippen LogP contribution in [0.5, 0.6) is 0 Å². The molecule has 132 valence electrons. The molecule has 0 bridgehead atoms. The molecule has 0 saturated heterocycles. The quantitative estimate of drug-likeness (QED) is 0.710. The van der Waals surface area contributed by atoms with Crippen molar-refractivity contribution in [1.29, 1.82) is 0 Å². The van der Waals surface area contributed by atoms with Gasteiger partial charge in [0.1, 0.15) is 5.82 Å². The Morgan fingerprint density at radius 1 is 1.09 bits per heavy atom. The molecule has 0 aliphatic heterocycles. The number of nitrogens with zero attached hydrogens (tertiary/aromatic N) is 2. The topological polar surface area (TPSA) is 18.5 Å². The molecule has 4 heteroatoms. The number of benzene rings is 1. The lowest BCUT2D eigenvalue weighted by atomic mass is 10.1. The summed E-state index contributed by atoms with van der Waals surface area (Å²) in [5.41, 5.74) is 1.87. The Labute approximate surface area is 141 Å². The first kappa shape index (κ1) is 19.9. The smallest absolute Gasteiger partial charge is 0.146 e. The lowest BCUT2D eigenvalue weighted by Gasteiger charge is -2.27. The summed E-state index contributed by atoms with van der Waals surface area (Å²) in [6, 6.07) is 5.51. The summed E-state index contributed by atoms with van der Waals surface area (Å²) in [7, 11) is 3.86. The van der Waals surface area contributed by atoms with E-state index in [-0.39, 0.29) is 5.82 Å². The molecule has 0 spiro atoms. The summed E-state index contributed by atoms with van der Waals surface area (Å²) in [5.74, 6) is 1.12. The second-order valence-corrected chi connectivity index (χ2v) is 7.29. The molecule has 0 aliphatic rings. The van der Waals surface area contributed by atoms with Gasteiger partial charge in [0.2, 0.25) is 0 Å². The van der Waals surface area contributed by atoms with Crippen molar-refractivity contribution >= 4 is 5.69 Å². The van der Waals surface area contributed by atoms with Crippen molar-refractivity contribution in [2.45, 2.75) is 34.2 Å². The van der Waals surface area contributed by atoms with E-state index >= 15 is 0 Å². The van der Waals surface area contributed by atoms with Gasteiger partial charge in [0, 0.05) is 39.8 Å². The SMILES string of the molecule is CNCCN(C)c1cc(CN(CC(C)C)CC(C)C)ccc1F. The van der Waals surface area contributed by atoms with E-state index in [2.05, 4.69) is 37.9 Å². The average Bonchev–Trinajstić information content (AvgIpc) is 2.45. The Morgan fingerprint density at radius 2 is 1.70 bits per heavy atom. The van der Waals surface area contributed by atoms with E-state index in [1.165, 1.54) is 5.56 Å². The van der Waals surface area contributed by atoms with Crippen molar-refractivity contribution in [1.82, 2.24) is 10.2 Å². The molecule has 23 heavy (non-hydrogen) atoms. The molecule has 1 N–H and O–H groups in total. The fourth-order valence-corrected chi connectivity index (χ4v) is 2.84. The summed E-state index contributed by atoms with van der Waals surface area (Å²) in [4.78, 5) is 4.45. The number of halogens is 1. The van der Waals surface area contributed by atoms with Gasteiger partial charge in [0.15, 0.2) is 0 Å². The maximum absolute atomic E-state index is 14.1. The van der Waals surface area contributed by atoms with E-state index in [0.29, 0.717) is 17.5 Å². The number of nitrogens with one attached hydrogen (secondary N) is 1. The number of hydrogen-bond donors (Lipinski definition) is 1. The van der Waals surface area contributed by atoms with E-state index in [1.807, 2.05) is 31.1 Å². The van der Waals surface area contributed by atoms with Gasteiger partial charge in [-0.3, -0.25) is 4.90 Å². The Balaban J connectivity index is 2.85. The lowest BCUT2D eigenvalue weighted by molar-refractivity contribution is 0.211. The molecule has 0 aliphatic carbocycles. The molecule has 1 aromatic carbocycles. The summed E-state index contributed by atoms with van der Waals surface area (Å²) in [5, 5.41) is 3.11. The van der Waals surface area contributed by atoms with Gasteiger partial charge in [-0.2, -0.15) is 0 Å². The summed E-state index contributed by atoms with van der Waals surface area (Å²) >= 11 is 0. The molecule has 0 saturated carbocycles. The second-order valence-electron chi connectivity index (χ2n) is 7.29. The first-order chi connectivity index (χ1) is 10.8. The average molecular weight is 324 g/mol. The second kappa shape index (κ2) is 9.89. The number of rotatable bonds is 10. The van der Waals surface area contributed by atoms with E-state index in [9.17, 15) is 4.39 Å². The zero-order valence-corrected chi connectivity index (χ0v) is 15.7. The van der Waals surface area contributed by atoms with Gasteiger partial charge < -0.3 is 10.2 Å². The van der Waals surface area contributed by atoms with Crippen LogP contribution in [0.15, 0.2) is 18.2 Å². The normalized spacial score (nSPS) is 11.7. The van der Waals surface area contributed by atoms with Crippen LogP contribution in [0.4, 0.5) is 10.1 Å². The van der Waals surface area contributed by atoms with Crippen LogP contribution in [0.25, 0.3) is 0 Å². The highest BCUT2D eigenvalue weighted by Crippen LogP contribution is 2.21. The Bertz CT molecular complexity index is 450. The third-order valence-corrected chi connectivity index (χ3v) is 3.77. The van der Waals surface area contributed by atoms with Crippen LogP contribution in [0.3, 0.4) is 0 Å². The van der Waals surface area contributed by atoms with Crippen molar-refractivity contribution in [3.63, 3.8) is 0 Å². The summed E-state index contributed by atoms with van der Waals surface area (Å²) in [6.07, 6.45) is 0. The minimum absolute atomic E-state index is 0.147. The molecule has 0 radical (unpaired) electrons. The number of likely N-dealkylation sites (N-methyl/N-ethyl adjacent to an activating group) is 2. The van der Waals surface area contributed by atoms with Crippen LogP contribution >= 0.6 is 0 Å². The zero-order chi connectivity index (χ0) is 17.4. The number of hydrogen-bond acceptors (Lipinski definition) is 3. The van der Waals surface area contributed by atoms with Crippen LogP contribution in [0, 0.1) is 17.7 Å². The van der Waals surface area contributed by atoms with Crippen LogP contribution < -0.4 is 10.2 Å². The van der Waals surface area contributed by atoms with Gasteiger partial charge in [0.25, 0.3) is 0 Å². The minimum atomic E-state index is -0.147. The predicted octanol–water partition coefficient (Wildman–Crippen LogP) is 3.60. The molecule has 0 amide bonds. The predicted molar refractivity (Wildman–Crippen MR) is 98.5 cm³/mol. The third-order valence-electron chi connectivity index (χ3n) is 3.77. The maximum Gasteiger partial charge on any atom is 0.146 e. The highest BCUT2D eigenvalue weighted by atomic mass is 19.1. The van der Waals surface area contributed by atoms with Crippen molar-refractivity contribution in [3.05, 3.63) is 29.6 Å². The highest BCUT2D eigenvalue weighted by molar-refractivity contribution is 5.49.